The molecule has 4 N–H and O–H groups in total. The molecule has 0 heterocycles. The fourth-order valence-electron chi connectivity index (χ4n) is 2.15. The fourth-order valence-corrected chi connectivity index (χ4v) is 3.68. The molecule has 0 unspecified atom stereocenters. The van der Waals surface area contributed by atoms with Crippen molar-refractivity contribution in [2.24, 2.45) is 5.14 Å². The molecule has 2 aromatic carbocycles. The third kappa shape index (κ3) is 7.11. The van der Waals surface area contributed by atoms with Gasteiger partial charge >= 0.3 is 0 Å². The molecule has 0 fully saturated rings. The standard InChI is InChI=1S/C17H21N3O7S2/c1-26-11-10-19-29(24,25)16-8-4-14(5-9-16)27-12-17(21)20-13-2-6-15(7-3-13)28(18,22)23/h2-9,19H,10-12H2,1H3,(H,20,21)(H2,18,22,23). The largest absolute Gasteiger partial charge is 0.484 e. The van der Waals surface area contributed by atoms with E-state index in [1.165, 1.54) is 55.6 Å². The van der Waals surface area contributed by atoms with Crippen molar-refractivity contribution in [1.29, 1.82) is 0 Å². The van der Waals surface area contributed by atoms with Crippen LogP contribution in [-0.4, -0.2) is 49.6 Å². The zero-order valence-corrected chi connectivity index (χ0v) is 17.1. The maximum absolute atomic E-state index is 12.1. The Hall–Kier alpha value is -2.51. The van der Waals surface area contributed by atoms with E-state index < -0.39 is 26.0 Å². The second-order valence-corrected chi connectivity index (χ2v) is 9.10. The summed E-state index contributed by atoms with van der Waals surface area (Å²) < 4.78 is 59.0. The van der Waals surface area contributed by atoms with Crippen LogP contribution in [0.15, 0.2) is 58.3 Å². The number of nitrogens with two attached hydrogens (primary N) is 1. The number of nitrogens with one attached hydrogen (secondary N) is 2. The molecule has 10 nitrogen and oxygen atoms in total. The molecule has 29 heavy (non-hydrogen) atoms. The summed E-state index contributed by atoms with van der Waals surface area (Å²) in [6.07, 6.45) is 0. The maximum Gasteiger partial charge on any atom is 0.262 e. The van der Waals surface area contributed by atoms with Gasteiger partial charge in [-0.1, -0.05) is 0 Å². The van der Waals surface area contributed by atoms with Crippen LogP contribution >= 0.6 is 0 Å². The van der Waals surface area contributed by atoms with E-state index in [0.29, 0.717) is 11.4 Å². The van der Waals surface area contributed by atoms with Crippen molar-refractivity contribution in [3.8, 4) is 5.75 Å². The first kappa shape index (κ1) is 22.8. The number of primary sulfonamides is 1. The summed E-state index contributed by atoms with van der Waals surface area (Å²) in [6, 6.07) is 10.9. The lowest BCUT2D eigenvalue weighted by Crippen LogP contribution is -2.27. The van der Waals surface area contributed by atoms with Gasteiger partial charge in [-0.15, -0.1) is 0 Å². The van der Waals surface area contributed by atoms with Crippen LogP contribution in [0.3, 0.4) is 0 Å². The molecule has 0 aliphatic rings. The third-order valence-corrected chi connectivity index (χ3v) is 5.98. The number of rotatable bonds is 10. The number of amides is 1. The van der Waals surface area contributed by atoms with Gasteiger partial charge in [0.05, 0.1) is 16.4 Å². The van der Waals surface area contributed by atoms with Gasteiger partial charge in [0.15, 0.2) is 6.61 Å². The van der Waals surface area contributed by atoms with Crippen molar-refractivity contribution >= 4 is 31.6 Å². The average Bonchev–Trinajstić information content (AvgIpc) is 2.66. The number of carbonyl (C=O) groups excluding carboxylic acids is 1. The van der Waals surface area contributed by atoms with Crippen LogP contribution in [0.1, 0.15) is 0 Å². The zero-order valence-electron chi connectivity index (χ0n) is 15.5. The minimum absolute atomic E-state index is 0.0559. The smallest absolute Gasteiger partial charge is 0.262 e. The monoisotopic (exact) mass is 443 g/mol. The third-order valence-electron chi connectivity index (χ3n) is 3.57. The normalized spacial score (nSPS) is 11.8. The SMILES string of the molecule is COCCNS(=O)(=O)c1ccc(OCC(=O)Nc2ccc(S(N)(=O)=O)cc2)cc1. The van der Waals surface area contributed by atoms with Crippen molar-refractivity contribution in [3.05, 3.63) is 48.5 Å². The molecule has 12 heteroatoms. The molecular formula is C17H21N3O7S2. The molecule has 0 bridgehead atoms. The number of ether oxygens (including phenoxy) is 2. The number of hydrogen-bond acceptors (Lipinski definition) is 7. The molecule has 0 radical (unpaired) electrons. The van der Waals surface area contributed by atoms with Gasteiger partial charge in [0.2, 0.25) is 20.0 Å². The highest BCUT2D eigenvalue weighted by Crippen LogP contribution is 2.16. The molecule has 0 aromatic heterocycles. The van der Waals surface area contributed by atoms with Crippen LogP contribution in [0.25, 0.3) is 0 Å². The Balaban J connectivity index is 1.89. The minimum atomic E-state index is -3.81. The topological polar surface area (TPSA) is 154 Å². The Morgan fingerprint density at radius 3 is 2.10 bits per heavy atom. The molecule has 0 spiro atoms. The van der Waals surface area contributed by atoms with Crippen molar-refractivity contribution in [2.45, 2.75) is 9.79 Å². The highest BCUT2D eigenvalue weighted by atomic mass is 32.2. The van der Waals surface area contributed by atoms with Gasteiger partial charge in [-0.05, 0) is 48.5 Å². The second-order valence-electron chi connectivity index (χ2n) is 5.77. The summed E-state index contributed by atoms with van der Waals surface area (Å²) in [5, 5.41) is 7.54. The Morgan fingerprint density at radius 1 is 0.966 bits per heavy atom. The summed E-state index contributed by atoms with van der Waals surface area (Å²) in [5.74, 6) is -0.174. The lowest BCUT2D eigenvalue weighted by atomic mass is 10.3. The summed E-state index contributed by atoms with van der Waals surface area (Å²) in [4.78, 5) is 11.9. The lowest BCUT2D eigenvalue weighted by molar-refractivity contribution is -0.118. The van der Waals surface area contributed by atoms with Crippen LogP contribution < -0.4 is 19.9 Å². The van der Waals surface area contributed by atoms with E-state index in [0.717, 1.165) is 0 Å². The van der Waals surface area contributed by atoms with Gasteiger partial charge < -0.3 is 14.8 Å². The van der Waals surface area contributed by atoms with Gasteiger partial charge in [0.25, 0.3) is 5.91 Å². The van der Waals surface area contributed by atoms with E-state index in [-0.39, 0.29) is 29.5 Å². The van der Waals surface area contributed by atoms with Crippen LogP contribution in [-0.2, 0) is 29.6 Å². The van der Waals surface area contributed by atoms with Gasteiger partial charge in [0, 0.05) is 19.3 Å². The average molecular weight is 444 g/mol. The first-order valence-corrected chi connectivity index (χ1v) is 11.3. The van der Waals surface area contributed by atoms with Gasteiger partial charge in [-0.25, -0.2) is 26.7 Å². The number of sulfonamides is 2. The summed E-state index contributed by atoms with van der Waals surface area (Å²) in [7, 11) is -5.99. The van der Waals surface area contributed by atoms with Crippen LogP contribution in [0.2, 0.25) is 0 Å². The number of anilines is 1. The predicted molar refractivity (Wildman–Crippen MR) is 105 cm³/mol. The Labute approximate surface area is 169 Å². The zero-order chi connectivity index (χ0) is 21.5. The molecule has 2 aromatic rings. The van der Waals surface area contributed by atoms with E-state index >= 15 is 0 Å². The van der Waals surface area contributed by atoms with E-state index in [4.69, 9.17) is 14.6 Å². The predicted octanol–water partition coefficient (Wildman–Crippen LogP) is 0.276. The van der Waals surface area contributed by atoms with Crippen molar-refractivity contribution in [1.82, 2.24) is 4.72 Å². The highest BCUT2D eigenvalue weighted by Gasteiger charge is 2.13. The fraction of sp³-hybridized carbons (Fsp3) is 0.235. The van der Waals surface area contributed by atoms with E-state index in [1.54, 1.807) is 0 Å². The Kier molecular flexibility index (Phi) is 7.70. The second kappa shape index (κ2) is 9.80. The van der Waals surface area contributed by atoms with Gasteiger partial charge in [-0.2, -0.15) is 0 Å². The lowest BCUT2D eigenvalue weighted by Gasteiger charge is -2.09. The summed E-state index contributed by atoms with van der Waals surface area (Å²) >= 11 is 0. The number of carbonyl (C=O) groups is 1. The van der Waals surface area contributed by atoms with Gasteiger partial charge in [-0.3, -0.25) is 4.79 Å². The molecule has 0 aliphatic heterocycles. The summed E-state index contributed by atoms with van der Waals surface area (Å²) in [6.45, 7) is 0.0743. The first-order chi connectivity index (χ1) is 13.6. The molecule has 0 atom stereocenters. The molecule has 0 saturated carbocycles. The number of benzene rings is 2. The van der Waals surface area contributed by atoms with Crippen LogP contribution in [0.4, 0.5) is 5.69 Å². The Bertz CT molecular complexity index is 1040. The van der Waals surface area contributed by atoms with Crippen molar-refractivity contribution < 1.29 is 31.1 Å². The van der Waals surface area contributed by atoms with E-state index in [9.17, 15) is 21.6 Å². The number of methoxy groups -OCH3 is 1. The van der Waals surface area contributed by atoms with Crippen LogP contribution in [0.5, 0.6) is 5.75 Å². The summed E-state index contributed by atoms with van der Waals surface area (Å²) in [5.41, 5.74) is 0.370. The van der Waals surface area contributed by atoms with Crippen molar-refractivity contribution in [3.63, 3.8) is 0 Å². The molecule has 0 aliphatic carbocycles. The quantitative estimate of drug-likeness (QED) is 0.446. The maximum atomic E-state index is 12.1. The molecule has 0 saturated heterocycles. The minimum Gasteiger partial charge on any atom is -0.484 e. The number of hydrogen-bond donors (Lipinski definition) is 3. The van der Waals surface area contributed by atoms with Crippen LogP contribution in [0, 0.1) is 0 Å². The molecular weight excluding hydrogens is 422 g/mol. The first-order valence-electron chi connectivity index (χ1n) is 8.26. The molecule has 158 valence electrons. The van der Waals surface area contributed by atoms with Crippen molar-refractivity contribution in [2.75, 3.05) is 32.2 Å². The van der Waals surface area contributed by atoms with Gasteiger partial charge in [0.1, 0.15) is 5.75 Å². The Morgan fingerprint density at radius 2 is 1.55 bits per heavy atom. The van der Waals surface area contributed by atoms with E-state index in [1.807, 2.05) is 0 Å². The molecule has 1 amide bonds. The van der Waals surface area contributed by atoms with E-state index in [2.05, 4.69) is 10.0 Å². The highest BCUT2D eigenvalue weighted by molar-refractivity contribution is 7.89. The molecule has 2 rings (SSSR count).